The lowest BCUT2D eigenvalue weighted by molar-refractivity contribution is 0.0678. The molecule has 1 aliphatic heterocycles. The summed E-state index contributed by atoms with van der Waals surface area (Å²) >= 11 is 0. The normalized spacial score (nSPS) is 16.2. The van der Waals surface area contributed by atoms with Crippen molar-refractivity contribution < 1.29 is 18.3 Å². The minimum Gasteiger partial charge on any atom is -0.384 e. The van der Waals surface area contributed by atoms with Gasteiger partial charge in [-0.15, -0.1) is 0 Å². The molecule has 0 spiro atoms. The number of ether oxygens (including phenoxy) is 1. The van der Waals surface area contributed by atoms with Crippen molar-refractivity contribution in [3.63, 3.8) is 0 Å². The van der Waals surface area contributed by atoms with Crippen LogP contribution in [0.15, 0.2) is 29.2 Å². The van der Waals surface area contributed by atoms with Crippen molar-refractivity contribution in [3.05, 3.63) is 29.8 Å². The van der Waals surface area contributed by atoms with Crippen molar-refractivity contribution in [3.8, 4) is 11.8 Å². The monoisotopic (exact) mass is 309 g/mol. The molecule has 1 fully saturated rings. The van der Waals surface area contributed by atoms with Crippen LogP contribution < -0.4 is 4.72 Å². The summed E-state index contributed by atoms with van der Waals surface area (Å²) in [6.07, 6.45) is 1.76. The average Bonchev–Trinajstić information content (AvgIpc) is 2.52. The number of sulfonamides is 1. The fraction of sp³-hybridized carbons (Fsp3) is 0.467. The SMILES string of the molecule is O=S(=O)(NCC1CCOCC1)c1cccc(C#CCO)c1. The molecule has 1 aromatic carbocycles. The zero-order chi connectivity index (χ0) is 15.1. The molecule has 1 saturated heterocycles. The summed E-state index contributed by atoms with van der Waals surface area (Å²) in [7, 11) is -3.53. The first-order valence-corrected chi connectivity index (χ1v) is 8.37. The van der Waals surface area contributed by atoms with Crippen molar-refractivity contribution in [2.45, 2.75) is 17.7 Å². The van der Waals surface area contributed by atoms with E-state index >= 15 is 0 Å². The lowest BCUT2D eigenvalue weighted by atomic mass is 10.0. The molecule has 0 atom stereocenters. The number of benzene rings is 1. The van der Waals surface area contributed by atoms with Crippen LogP contribution in [0.4, 0.5) is 0 Å². The number of hydrogen-bond acceptors (Lipinski definition) is 4. The smallest absolute Gasteiger partial charge is 0.240 e. The lowest BCUT2D eigenvalue weighted by Gasteiger charge is -2.22. The van der Waals surface area contributed by atoms with Gasteiger partial charge in [0.1, 0.15) is 6.61 Å². The van der Waals surface area contributed by atoms with E-state index in [4.69, 9.17) is 9.84 Å². The number of rotatable bonds is 4. The van der Waals surface area contributed by atoms with Gasteiger partial charge in [0.15, 0.2) is 0 Å². The fourth-order valence-corrected chi connectivity index (χ4v) is 3.31. The highest BCUT2D eigenvalue weighted by molar-refractivity contribution is 7.89. The molecule has 0 unspecified atom stereocenters. The Hall–Kier alpha value is -1.39. The molecule has 0 saturated carbocycles. The zero-order valence-electron chi connectivity index (χ0n) is 11.7. The van der Waals surface area contributed by atoms with Crippen LogP contribution in [0.25, 0.3) is 0 Å². The molecule has 114 valence electrons. The highest BCUT2D eigenvalue weighted by Crippen LogP contribution is 2.16. The largest absolute Gasteiger partial charge is 0.384 e. The van der Waals surface area contributed by atoms with Crippen molar-refractivity contribution in [1.29, 1.82) is 0 Å². The Balaban J connectivity index is 2.04. The second-order valence-electron chi connectivity index (χ2n) is 4.90. The summed E-state index contributed by atoms with van der Waals surface area (Å²) in [4.78, 5) is 0.194. The quantitative estimate of drug-likeness (QED) is 0.804. The van der Waals surface area contributed by atoms with Crippen LogP contribution in [0.2, 0.25) is 0 Å². The summed E-state index contributed by atoms with van der Waals surface area (Å²) in [5, 5.41) is 8.67. The highest BCUT2D eigenvalue weighted by Gasteiger charge is 2.19. The van der Waals surface area contributed by atoms with E-state index in [0.29, 0.717) is 31.2 Å². The summed E-state index contributed by atoms with van der Waals surface area (Å²) in [6.45, 7) is 1.56. The predicted octanol–water partition coefficient (Wildman–Crippen LogP) is 0.735. The van der Waals surface area contributed by atoms with E-state index in [0.717, 1.165) is 12.8 Å². The molecule has 6 heteroatoms. The van der Waals surface area contributed by atoms with Crippen LogP contribution in [0, 0.1) is 17.8 Å². The van der Waals surface area contributed by atoms with Crippen molar-refractivity contribution in [2.24, 2.45) is 5.92 Å². The van der Waals surface area contributed by atoms with E-state index in [1.54, 1.807) is 12.1 Å². The minimum atomic E-state index is -3.53. The third-order valence-corrected chi connectivity index (χ3v) is 4.78. The molecule has 2 rings (SSSR count). The van der Waals surface area contributed by atoms with E-state index in [1.165, 1.54) is 12.1 Å². The minimum absolute atomic E-state index is 0.194. The first-order chi connectivity index (χ1) is 10.1. The van der Waals surface area contributed by atoms with Gasteiger partial charge in [0.05, 0.1) is 4.90 Å². The van der Waals surface area contributed by atoms with Crippen molar-refractivity contribution in [1.82, 2.24) is 4.72 Å². The summed E-state index contributed by atoms with van der Waals surface area (Å²) in [6, 6.07) is 6.40. The summed E-state index contributed by atoms with van der Waals surface area (Å²) in [5.41, 5.74) is 0.568. The average molecular weight is 309 g/mol. The second-order valence-corrected chi connectivity index (χ2v) is 6.66. The van der Waals surface area contributed by atoms with Crippen molar-refractivity contribution >= 4 is 10.0 Å². The maximum Gasteiger partial charge on any atom is 0.240 e. The maximum atomic E-state index is 12.3. The van der Waals surface area contributed by atoms with E-state index < -0.39 is 10.0 Å². The van der Waals surface area contributed by atoms with Crippen LogP contribution in [-0.2, 0) is 14.8 Å². The molecular weight excluding hydrogens is 290 g/mol. The second kappa shape index (κ2) is 7.57. The maximum absolute atomic E-state index is 12.3. The van der Waals surface area contributed by atoms with Gasteiger partial charge >= 0.3 is 0 Å². The standard InChI is InChI=1S/C15H19NO4S/c17-8-2-4-13-3-1-5-15(11-13)21(18,19)16-12-14-6-9-20-10-7-14/h1,3,5,11,14,16-17H,6-10,12H2. The summed E-state index contributed by atoms with van der Waals surface area (Å²) < 4.78 is 32.4. The van der Waals surface area contributed by atoms with Crippen molar-refractivity contribution in [2.75, 3.05) is 26.4 Å². The van der Waals surface area contributed by atoms with Gasteiger partial charge in [0.2, 0.25) is 10.0 Å². The van der Waals surface area contributed by atoms with E-state index in [1.807, 2.05) is 0 Å². The van der Waals surface area contributed by atoms with Gasteiger partial charge in [-0.3, -0.25) is 0 Å². The zero-order valence-corrected chi connectivity index (χ0v) is 12.5. The molecule has 1 aliphatic rings. The van der Waals surface area contributed by atoms with E-state index in [2.05, 4.69) is 16.6 Å². The van der Waals surface area contributed by atoms with Gasteiger partial charge in [0, 0.05) is 25.3 Å². The van der Waals surface area contributed by atoms with E-state index in [9.17, 15) is 8.42 Å². The molecule has 0 amide bonds. The van der Waals surface area contributed by atoms with Gasteiger partial charge < -0.3 is 9.84 Å². The Kier molecular flexibility index (Phi) is 5.76. The predicted molar refractivity (Wildman–Crippen MR) is 79.1 cm³/mol. The number of aliphatic hydroxyl groups is 1. The third kappa shape index (κ3) is 4.83. The molecule has 21 heavy (non-hydrogen) atoms. The summed E-state index contributed by atoms with van der Waals surface area (Å²) in [5.74, 6) is 5.53. The molecule has 5 nitrogen and oxygen atoms in total. The number of aliphatic hydroxyl groups excluding tert-OH is 1. The Bertz CT molecular complexity index is 625. The third-order valence-electron chi connectivity index (χ3n) is 3.36. The highest BCUT2D eigenvalue weighted by atomic mass is 32.2. The van der Waals surface area contributed by atoms with Gasteiger partial charge in [-0.05, 0) is 37.0 Å². The molecule has 0 aromatic heterocycles. The first kappa shape index (κ1) is 16.0. The molecule has 2 N–H and O–H groups in total. The molecule has 1 heterocycles. The van der Waals surface area contributed by atoms with Crippen LogP contribution in [0.5, 0.6) is 0 Å². The van der Waals surface area contributed by atoms with E-state index in [-0.39, 0.29) is 11.5 Å². The molecule has 0 radical (unpaired) electrons. The van der Waals surface area contributed by atoms with Crippen LogP contribution in [0.1, 0.15) is 18.4 Å². The molecule has 0 aliphatic carbocycles. The topological polar surface area (TPSA) is 75.6 Å². The van der Waals surface area contributed by atoms with Crippen LogP contribution in [-0.4, -0.2) is 39.9 Å². The Morgan fingerprint density at radius 2 is 2.10 bits per heavy atom. The van der Waals surface area contributed by atoms with Gasteiger partial charge in [-0.2, -0.15) is 0 Å². The first-order valence-electron chi connectivity index (χ1n) is 6.89. The van der Waals surface area contributed by atoms with Crippen LogP contribution in [0.3, 0.4) is 0 Å². The van der Waals surface area contributed by atoms with Gasteiger partial charge in [0.25, 0.3) is 0 Å². The Labute approximate surface area is 125 Å². The molecular formula is C15H19NO4S. The Morgan fingerprint density at radius 1 is 1.33 bits per heavy atom. The lowest BCUT2D eigenvalue weighted by Crippen LogP contribution is -2.32. The Morgan fingerprint density at radius 3 is 2.81 bits per heavy atom. The molecule has 1 aromatic rings. The van der Waals surface area contributed by atoms with Gasteiger partial charge in [-0.1, -0.05) is 17.9 Å². The fourth-order valence-electron chi connectivity index (χ4n) is 2.14. The van der Waals surface area contributed by atoms with Gasteiger partial charge in [-0.25, -0.2) is 13.1 Å². The number of hydrogen-bond donors (Lipinski definition) is 2. The molecule has 0 bridgehead atoms. The number of nitrogens with one attached hydrogen (secondary N) is 1. The van der Waals surface area contributed by atoms with Crippen LogP contribution >= 0.6 is 0 Å².